The van der Waals surface area contributed by atoms with Gasteiger partial charge in [-0.1, -0.05) is 31.1 Å². The first-order valence-electron chi connectivity index (χ1n) is 8.52. The summed E-state index contributed by atoms with van der Waals surface area (Å²) in [7, 11) is 0. The number of carbonyl (C=O) groups excluding carboxylic acids is 1. The zero-order valence-electron chi connectivity index (χ0n) is 14.6. The van der Waals surface area contributed by atoms with Gasteiger partial charge in [-0.25, -0.2) is 4.79 Å². The van der Waals surface area contributed by atoms with Crippen molar-refractivity contribution in [1.29, 1.82) is 0 Å². The van der Waals surface area contributed by atoms with Crippen LogP contribution < -0.4 is 5.32 Å². The van der Waals surface area contributed by atoms with Crippen LogP contribution in [0, 0.1) is 5.92 Å². The molecule has 0 saturated heterocycles. The lowest BCUT2D eigenvalue weighted by atomic mass is 10.1. The number of aromatic nitrogens is 1. The minimum atomic E-state index is -0.135. The molecule has 0 spiro atoms. The van der Waals surface area contributed by atoms with E-state index in [1.54, 1.807) is 11.2 Å². The lowest BCUT2D eigenvalue weighted by molar-refractivity contribution is 0.186. The molecule has 0 bridgehead atoms. The highest BCUT2D eigenvalue weighted by atomic mass is 16.5. The number of hydrogen-bond donors (Lipinski definition) is 1. The van der Waals surface area contributed by atoms with E-state index >= 15 is 0 Å². The maximum absolute atomic E-state index is 12.6. The zero-order chi connectivity index (χ0) is 17.6. The Labute approximate surface area is 146 Å². The van der Waals surface area contributed by atoms with Gasteiger partial charge >= 0.3 is 6.03 Å². The minimum absolute atomic E-state index is 0.135. The Morgan fingerprint density at radius 2 is 2.08 bits per heavy atom. The van der Waals surface area contributed by atoms with E-state index in [4.69, 9.17) is 8.94 Å². The Balaban J connectivity index is 1.64. The molecule has 0 aliphatic rings. The Morgan fingerprint density at radius 1 is 1.24 bits per heavy atom. The Kier molecular flexibility index (Phi) is 5.38. The third-order valence-corrected chi connectivity index (χ3v) is 4.05. The highest BCUT2D eigenvalue weighted by molar-refractivity contribution is 5.80. The van der Waals surface area contributed by atoms with Crippen molar-refractivity contribution in [3.05, 3.63) is 54.1 Å². The van der Waals surface area contributed by atoms with Gasteiger partial charge in [0.1, 0.15) is 11.5 Å². The SMILES string of the molecule is CC(C)CCN(Cc1ccco1)C(=O)NCc1noc2ccccc12. The van der Waals surface area contributed by atoms with Gasteiger partial charge in [0.25, 0.3) is 0 Å². The lowest BCUT2D eigenvalue weighted by Crippen LogP contribution is -2.40. The number of amides is 2. The third-order valence-electron chi connectivity index (χ3n) is 4.05. The van der Waals surface area contributed by atoms with Crippen LogP contribution in [0.15, 0.2) is 51.6 Å². The molecule has 0 atom stereocenters. The highest BCUT2D eigenvalue weighted by Gasteiger charge is 2.17. The molecular formula is C19H23N3O3. The van der Waals surface area contributed by atoms with Crippen molar-refractivity contribution in [3.63, 3.8) is 0 Å². The molecular weight excluding hydrogens is 318 g/mol. The average molecular weight is 341 g/mol. The topological polar surface area (TPSA) is 71.5 Å². The van der Waals surface area contributed by atoms with Crippen LogP contribution in [0.2, 0.25) is 0 Å². The van der Waals surface area contributed by atoms with E-state index in [1.807, 2.05) is 36.4 Å². The largest absolute Gasteiger partial charge is 0.467 e. The highest BCUT2D eigenvalue weighted by Crippen LogP contribution is 2.17. The summed E-state index contributed by atoms with van der Waals surface area (Å²) >= 11 is 0. The smallest absolute Gasteiger partial charge is 0.318 e. The van der Waals surface area contributed by atoms with E-state index in [9.17, 15) is 4.79 Å². The molecule has 6 nitrogen and oxygen atoms in total. The van der Waals surface area contributed by atoms with Crippen LogP contribution in [0.4, 0.5) is 4.79 Å². The summed E-state index contributed by atoms with van der Waals surface area (Å²) in [4.78, 5) is 14.4. The predicted molar refractivity (Wildman–Crippen MR) is 94.8 cm³/mol. The van der Waals surface area contributed by atoms with Crippen molar-refractivity contribution < 1.29 is 13.7 Å². The number of furan rings is 1. The van der Waals surface area contributed by atoms with Crippen LogP contribution in [0.5, 0.6) is 0 Å². The maximum atomic E-state index is 12.6. The molecule has 0 radical (unpaired) electrons. The van der Waals surface area contributed by atoms with Crippen molar-refractivity contribution in [3.8, 4) is 0 Å². The fourth-order valence-electron chi connectivity index (χ4n) is 2.59. The number of fused-ring (bicyclic) bond motifs is 1. The summed E-state index contributed by atoms with van der Waals surface area (Å²) in [6, 6.07) is 11.2. The fourth-order valence-corrected chi connectivity index (χ4v) is 2.59. The quantitative estimate of drug-likeness (QED) is 0.700. The van der Waals surface area contributed by atoms with Crippen LogP contribution in [-0.4, -0.2) is 22.6 Å². The zero-order valence-corrected chi connectivity index (χ0v) is 14.6. The molecule has 3 aromatic rings. The van der Waals surface area contributed by atoms with E-state index < -0.39 is 0 Å². The Bertz CT molecular complexity index is 808. The summed E-state index contributed by atoms with van der Waals surface area (Å²) in [5.41, 5.74) is 1.45. The molecule has 0 aliphatic heterocycles. The molecule has 0 aliphatic carbocycles. The second kappa shape index (κ2) is 7.88. The van der Waals surface area contributed by atoms with Gasteiger partial charge in [-0.05, 0) is 36.6 Å². The van der Waals surface area contributed by atoms with Crippen LogP contribution in [-0.2, 0) is 13.1 Å². The van der Waals surface area contributed by atoms with E-state index in [0.717, 1.165) is 28.8 Å². The molecule has 3 rings (SSSR count). The van der Waals surface area contributed by atoms with Gasteiger partial charge < -0.3 is 19.2 Å². The summed E-state index contributed by atoms with van der Waals surface area (Å²) in [5, 5.41) is 7.91. The predicted octanol–water partition coefficient (Wildman–Crippen LogP) is 4.18. The monoisotopic (exact) mass is 341 g/mol. The third kappa shape index (κ3) is 4.41. The summed E-state index contributed by atoms with van der Waals surface area (Å²) in [6.07, 6.45) is 2.55. The molecule has 2 amide bonds. The summed E-state index contributed by atoms with van der Waals surface area (Å²) in [5.74, 6) is 1.29. The average Bonchev–Trinajstić information content (AvgIpc) is 3.26. The van der Waals surface area contributed by atoms with E-state index in [-0.39, 0.29) is 6.03 Å². The van der Waals surface area contributed by atoms with E-state index in [2.05, 4.69) is 24.3 Å². The molecule has 1 aromatic carbocycles. The number of rotatable bonds is 7. The first kappa shape index (κ1) is 17.1. The summed E-state index contributed by atoms with van der Waals surface area (Å²) in [6.45, 7) is 5.73. The van der Waals surface area contributed by atoms with Crippen LogP contribution in [0.1, 0.15) is 31.7 Å². The summed E-state index contributed by atoms with van der Waals surface area (Å²) < 4.78 is 10.7. The maximum Gasteiger partial charge on any atom is 0.318 e. The first-order valence-corrected chi connectivity index (χ1v) is 8.52. The van der Waals surface area contributed by atoms with Gasteiger partial charge in [-0.2, -0.15) is 0 Å². The van der Waals surface area contributed by atoms with Crippen molar-refractivity contribution in [1.82, 2.24) is 15.4 Å². The molecule has 25 heavy (non-hydrogen) atoms. The second-order valence-corrected chi connectivity index (χ2v) is 6.47. The number of nitrogens with one attached hydrogen (secondary N) is 1. The van der Waals surface area contributed by atoms with Gasteiger partial charge in [-0.15, -0.1) is 0 Å². The molecule has 0 fully saturated rings. The van der Waals surface area contributed by atoms with Crippen molar-refractivity contribution >= 4 is 17.0 Å². The van der Waals surface area contributed by atoms with E-state index in [1.165, 1.54) is 0 Å². The van der Waals surface area contributed by atoms with Crippen LogP contribution in [0.25, 0.3) is 11.0 Å². The minimum Gasteiger partial charge on any atom is -0.467 e. The van der Waals surface area contributed by atoms with E-state index in [0.29, 0.717) is 25.6 Å². The van der Waals surface area contributed by atoms with Crippen molar-refractivity contribution in [2.45, 2.75) is 33.4 Å². The molecule has 132 valence electrons. The first-order chi connectivity index (χ1) is 12.1. The molecule has 0 unspecified atom stereocenters. The van der Waals surface area contributed by atoms with Gasteiger partial charge in [0, 0.05) is 11.9 Å². The van der Waals surface area contributed by atoms with Gasteiger partial charge in [0.2, 0.25) is 0 Å². The van der Waals surface area contributed by atoms with Gasteiger partial charge in [0.05, 0.1) is 19.4 Å². The van der Waals surface area contributed by atoms with Crippen LogP contribution in [0.3, 0.4) is 0 Å². The molecule has 0 saturated carbocycles. The molecule has 6 heteroatoms. The number of hydrogen-bond acceptors (Lipinski definition) is 4. The Morgan fingerprint density at radius 3 is 2.84 bits per heavy atom. The van der Waals surface area contributed by atoms with Gasteiger partial charge in [-0.3, -0.25) is 0 Å². The fraction of sp³-hybridized carbons (Fsp3) is 0.368. The molecule has 1 N–H and O–H groups in total. The normalized spacial score (nSPS) is 11.2. The number of carbonyl (C=O) groups is 1. The Hall–Kier alpha value is -2.76. The van der Waals surface area contributed by atoms with Crippen LogP contribution >= 0.6 is 0 Å². The lowest BCUT2D eigenvalue weighted by Gasteiger charge is -2.22. The van der Waals surface area contributed by atoms with Gasteiger partial charge in [0.15, 0.2) is 5.58 Å². The number of benzene rings is 1. The second-order valence-electron chi connectivity index (χ2n) is 6.47. The molecule has 2 aromatic heterocycles. The van der Waals surface area contributed by atoms with Crippen molar-refractivity contribution in [2.75, 3.05) is 6.54 Å². The molecule has 2 heterocycles. The number of urea groups is 1. The number of para-hydroxylation sites is 1. The van der Waals surface area contributed by atoms with Crippen molar-refractivity contribution in [2.24, 2.45) is 5.92 Å². The standard InChI is InChI=1S/C19H23N3O3/c1-14(2)9-10-22(13-15-6-5-11-24-15)19(23)20-12-17-16-7-3-4-8-18(16)25-21-17/h3-8,11,14H,9-10,12-13H2,1-2H3,(H,20,23). The number of nitrogens with zero attached hydrogens (tertiary/aromatic N) is 2.